The van der Waals surface area contributed by atoms with E-state index in [9.17, 15) is 4.79 Å². The first kappa shape index (κ1) is 15.5. The predicted molar refractivity (Wildman–Crippen MR) is 90.8 cm³/mol. The molecule has 2 aliphatic rings. The number of ether oxygens (including phenoxy) is 4. The van der Waals surface area contributed by atoms with E-state index in [1.54, 1.807) is 36.4 Å². The van der Waals surface area contributed by atoms with Crippen LogP contribution >= 0.6 is 0 Å². The maximum Gasteiger partial charge on any atom is 0.322 e. The van der Waals surface area contributed by atoms with E-state index in [0.717, 1.165) is 0 Å². The number of fused-ring (bicyclic) bond motifs is 2. The minimum Gasteiger partial charge on any atom is -0.485 e. The van der Waals surface area contributed by atoms with E-state index in [1.807, 2.05) is 6.07 Å². The lowest BCUT2D eigenvalue weighted by Crippen LogP contribution is -2.40. The molecule has 5 rings (SSSR count). The normalized spacial score (nSPS) is 16.8. The van der Waals surface area contributed by atoms with Gasteiger partial charge in [0.15, 0.2) is 23.0 Å². The highest BCUT2D eigenvalue weighted by Gasteiger charge is 2.28. The smallest absolute Gasteiger partial charge is 0.322 e. The molecule has 0 saturated heterocycles. The van der Waals surface area contributed by atoms with Gasteiger partial charge in [0.25, 0.3) is 5.91 Å². The van der Waals surface area contributed by atoms with Gasteiger partial charge in [-0.05, 0) is 30.3 Å². The number of amides is 1. The Balaban J connectivity index is 1.29. The van der Waals surface area contributed by atoms with Crippen LogP contribution in [0.5, 0.6) is 23.0 Å². The van der Waals surface area contributed by atoms with Crippen molar-refractivity contribution in [2.45, 2.75) is 6.10 Å². The van der Waals surface area contributed by atoms with Crippen LogP contribution in [0.2, 0.25) is 0 Å². The summed E-state index contributed by atoms with van der Waals surface area (Å²) >= 11 is 0. The standard InChI is InChI=1S/C18H13N3O6/c22-16(15-8-23-11-3-1-2-4-13(11)26-15)19-18-21-20-17(27-18)10-5-6-12-14(7-10)25-9-24-12/h1-7,15H,8-9H2,(H,19,21,22)/t15-/m1/s1. The van der Waals surface area contributed by atoms with E-state index in [4.69, 9.17) is 23.4 Å². The summed E-state index contributed by atoms with van der Waals surface area (Å²) in [5, 5.41) is 10.3. The van der Waals surface area contributed by atoms with Crippen molar-refractivity contribution in [1.82, 2.24) is 10.2 Å². The van der Waals surface area contributed by atoms with Crippen molar-refractivity contribution in [1.29, 1.82) is 0 Å². The first-order valence-electron chi connectivity index (χ1n) is 8.19. The van der Waals surface area contributed by atoms with E-state index in [1.165, 1.54) is 0 Å². The van der Waals surface area contributed by atoms with Gasteiger partial charge in [-0.2, -0.15) is 0 Å². The lowest BCUT2D eigenvalue weighted by Gasteiger charge is -2.24. The number of hydrogen-bond donors (Lipinski definition) is 1. The zero-order chi connectivity index (χ0) is 18.2. The van der Waals surface area contributed by atoms with Crippen LogP contribution in [0.3, 0.4) is 0 Å². The first-order chi connectivity index (χ1) is 13.3. The number of carbonyl (C=O) groups excluding carboxylic acids is 1. The molecule has 2 aliphatic heterocycles. The fraction of sp³-hybridized carbons (Fsp3) is 0.167. The molecule has 0 unspecified atom stereocenters. The van der Waals surface area contributed by atoms with Gasteiger partial charge in [-0.15, -0.1) is 5.10 Å². The second-order valence-corrected chi connectivity index (χ2v) is 5.83. The molecule has 3 heterocycles. The molecule has 3 aromatic rings. The molecule has 0 bridgehead atoms. The Morgan fingerprint density at radius 2 is 1.78 bits per heavy atom. The Morgan fingerprint density at radius 1 is 0.963 bits per heavy atom. The summed E-state index contributed by atoms with van der Waals surface area (Å²) in [5.41, 5.74) is 0.651. The van der Waals surface area contributed by atoms with Crippen molar-refractivity contribution >= 4 is 11.9 Å². The zero-order valence-electron chi connectivity index (χ0n) is 13.9. The number of benzene rings is 2. The molecule has 136 valence electrons. The van der Waals surface area contributed by atoms with Crippen LogP contribution in [0.25, 0.3) is 11.5 Å². The van der Waals surface area contributed by atoms with Gasteiger partial charge >= 0.3 is 6.01 Å². The van der Waals surface area contributed by atoms with Crippen molar-refractivity contribution in [3.05, 3.63) is 42.5 Å². The molecule has 2 aromatic carbocycles. The van der Waals surface area contributed by atoms with E-state index in [-0.39, 0.29) is 25.3 Å². The number of carbonyl (C=O) groups is 1. The van der Waals surface area contributed by atoms with Crippen LogP contribution in [0.1, 0.15) is 0 Å². The fourth-order valence-electron chi connectivity index (χ4n) is 2.75. The van der Waals surface area contributed by atoms with Crippen molar-refractivity contribution in [3.8, 4) is 34.5 Å². The Labute approximate surface area is 152 Å². The predicted octanol–water partition coefficient (Wildman–Crippen LogP) is 2.24. The van der Waals surface area contributed by atoms with Crippen LogP contribution in [-0.4, -0.2) is 35.6 Å². The molecule has 1 amide bonds. The second kappa shape index (κ2) is 6.20. The third kappa shape index (κ3) is 2.88. The summed E-state index contributed by atoms with van der Waals surface area (Å²) in [6, 6.07) is 12.4. The molecule has 1 atom stereocenters. The average molecular weight is 367 g/mol. The summed E-state index contributed by atoms with van der Waals surface area (Å²) < 4.78 is 27.3. The average Bonchev–Trinajstić information content (AvgIpc) is 3.36. The topological polar surface area (TPSA) is 105 Å². The third-order valence-corrected chi connectivity index (χ3v) is 4.08. The molecule has 0 saturated carbocycles. The van der Waals surface area contributed by atoms with E-state index in [0.29, 0.717) is 28.6 Å². The van der Waals surface area contributed by atoms with E-state index < -0.39 is 12.0 Å². The number of aromatic nitrogens is 2. The lowest BCUT2D eigenvalue weighted by molar-refractivity contribution is -0.125. The van der Waals surface area contributed by atoms with Crippen molar-refractivity contribution in [2.24, 2.45) is 0 Å². The minimum absolute atomic E-state index is 0.0323. The van der Waals surface area contributed by atoms with Crippen LogP contribution < -0.4 is 24.3 Å². The van der Waals surface area contributed by atoms with Crippen molar-refractivity contribution < 1.29 is 28.2 Å². The highest BCUT2D eigenvalue weighted by atomic mass is 16.7. The quantitative estimate of drug-likeness (QED) is 0.751. The third-order valence-electron chi connectivity index (χ3n) is 4.08. The first-order valence-corrected chi connectivity index (χ1v) is 8.19. The molecule has 1 aromatic heterocycles. The van der Waals surface area contributed by atoms with Crippen LogP contribution in [0.4, 0.5) is 6.01 Å². The summed E-state index contributed by atoms with van der Waals surface area (Å²) in [6.07, 6.45) is -0.819. The number of rotatable bonds is 3. The Kier molecular flexibility index (Phi) is 3.56. The molecule has 1 N–H and O–H groups in total. The van der Waals surface area contributed by atoms with Gasteiger partial charge in [0.1, 0.15) is 6.61 Å². The highest BCUT2D eigenvalue weighted by molar-refractivity contribution is 5.93. The van der Waals surface area contributed by atoms with Gasteiger partial charge in [0.2, 0.25) is 18.8 Å². The molecule has 9 nitrogen and oxygen atoms in total. The lowest BCUT2D eigenvalue weighted by atomic mass is 10.2. The monoisotopic (exact) mass is 367 g/mol. The van der Waals surface area contributed by atoms with E-state index in [2.05, 4.69) is 15.5 Å². The van der Waals surface area contributed by atoms with E-state index >= 15 is 0 Å². The van der Waals surface area contributed by atoms with Crippen LogP contribution in [0.15, 0.2) is 46.9 Å². The molecule has 27 heavy (non-hydrogen) atoms. The second-order valence-electron chi connectivity index (χ2n) is 5.83. The van der Waals surface area contributed by atoms with Gasteiger partial charge < -0.3 is 23.4 Å². The van der Waals surface area contributed by atoms with Crippen LogP contribution in [-0.2, 0) is 4.79 Å². The summed E-state index contributed by atoms with van der Waals surface area (Å²) in [6.45, 7) is 0.266. The molecular weight excluding hydrogens is 354 g/mol. The maximum absolute atomic E-state index is 12.4. The zero-order valence-corrected chi connectivity index (χ0v) is 13.9. The fourth-order valence-corrected chi connectivity index (χ4v) is 2.75. The van der Waals surface area contributed by atoms with Gasteiger partial charge in [-0.25, -0.2) is 0 Å². The number of nitrogens with zero attached hydrogens (tertiary/aromatic N) is 2. The Bertz CT molecular complexity index is 1020. The van der Waals surface area contributed by atoms with Gasteiger partial charge in [0, 0.05) is 5.56 Å². The Hall–Kier alpha value is -3.75. The number of nitrogens with one attached hydrogen (secondary N) is 1. The van der Waals surface area contributed by atoms with Gasteiger partial charge in [-0.1, -0.05) is 17.2 Å². The van der Waals surface area contributed by atoms with Crippen LogP contribution in [0, 0.1) is 0 Å². The summed E-state index contributed by atoms with van der Waals surface area (Å²) in [7, 11) is 0. The van der Waals surface area contributed by atoms with Crippen molar-refractivity contribution in [2.75, 3.05) is 18.7 Å². The minimum atomic E-state index is -0.819. The number of anilines is 1. The van der Waals surface area contributed by atoms with Gasteiger partial charge in [0.05, 0.1) is 0 Å². The number of hydrogen-bond acceptors (Lipinski definition) is 8. The highest BCUT2D eigenvalue weighted by Crippen LogP contribution is 2.36. The molecule has 0 aliphatic carbocycles. The van der Waals surface area contributed by atoms with Crippen molar-refractivity contribution in [3.63, 3.8) is 0 Å². The summed E-state index contributed by atoms with van der Waals surface area (Å²) in [4.78, 5) is 12.4. The molecule has 0 spiro atoms. The Morgan fingerprint density at radius 3 is 2.70 bits per heavy atom. The molecule has 9 heteroatoms. The molecular formula is C18H13N3O6. The molecule has 0 radical (unpaired) electrons. The van der Waals surface area contributed by atoms with Gasteiger partial charge in [-0.3, -0.25) is 10.1 Å². The summed E-state index contributed by atoms with van der Waals surface area (Å²) in [5.74, 6) is 2.17. The maximum atomic E-state index is 12.4. The number of para-hydroxylation sites is 2. The molecule has 0 fully saturated rings. The largest absolute Gasteiger partial charge is 0.485 e. The SMILES string of the molecule is O=C(Nc1nnc(-c2ccc3c(c2)OCO3)o1)[C@H]1COc2ccccc2O1.